The monoisotopic (exact) mass is 262 g/mol. The highest BCUT2D eigenvalue weighted by molar-refractivity contribution is 7.17. The average molecular weight is 262 g/mol. The lowest BCUT2D eigenvalue weighted by Crippen LogP contribution is -2.26. The Kier molecular flexibility index (Phi) is 3.57. The molecular weight excluding hydrogens is 248 g/mol. The topological polar surface area (TPSA) is 58.1 Å². The number of nitrogens with one attached hydrogen (secondary N) is 1. The Morgan fingerprint density at radius 2 is 2.06 bits per heavy atom. The third kappa shape index (κ3) is 2.33. The summed E-state index contributed by atoms with van der Waals surface area (Å²) in [5.41, 5.74) is 1.93. The van der Waals surface area contributed by atoms with Gasteiger partial charge in [-0.15, -0.1) is 10.2 Å². The first-order valence-corrected chi connectivity index (χ1v) is 6.30. The van der Waals surface area contributed by atoms with Crippen molar-refractivity contribution < 1.29 is 4.79 Å². The molecule has 0 fully saturated rings. The van der Waals surface area contributed by atoms with Crippen molar-refractivity contribution in [2.75, 3.05) is 24.3 Å². The molecule has 1 N–H and O–H groups in total. The molecular formula is C12H14N4OS. The van der Waals surface area contributed by atoms with Crippen LogP contribution in [0.2, 0.25) is 0 Å². The van der Waals surface area contributed by atoms with Crippen molar-refractivity contribution in [1.82, 2.24) is 10.2 Å². The number of benzene rings is 1. The molecule has 0 aliphatic heterocycles. The van der Waals surface area contributed by atoms with Crippen LogP contribution in [0.25, 0.3) is 0 Å². The number of aromatic nitrogens is 2. The standard InChI is InChI=1S/C12H14N4OS/c1-8-6-4-5-7-9(8)16(3)11(17)10-14-15-12(13-2)18-10/h4-7H,1-3H3,(H,13,15). The Bertz CT molecular complexity index is 567. The Hall–Kier alpha value is -1.95. The van der Waals surface area contributed by atoms with Crippen LogP contribution in [0.1, 0.15) is 15.4 Å². The van der Waals surface area contributed by atoms with Gasteiger partial charge in [0.2, 0.25) is 10.1 Å². The molecule has 0 atom stereocenters. The molecule has 0 unspecified atom stereocenters. The molecule has 1 aromatic heterocycles. The molecule has 1 amide bonds. The van der Waals surface area contributed by atoms with E-state index >= 15 is 0 Å². The van der Waals surface area contributed by atoms with Crippen molar-refractivity contribution in [2.24, 2.45) is 0 Å². The van der Waals surface area contributed by atoms with E-state index in [-0.39, 0.29) is 5.91 Å². The molecule has 0 radical (unpaired) electrons. The van der Waals surface area contributed by atoms with Gasteiger partial charge in [-0.1, -0.05) is 29.5 Å². The van der Waals surface area contributed by atoms with E-state index in [1.165, 1.54) is 11.3 Å². The number of para-hydroxylation sites is 1. The number of aryl methyl sites for hydroxylation is 1. The maximum Gasteiger partial charge on any atom is 0.289 e. The van der Waals surface area contributed by atoms with Crippen molar-refractivity contribution in [3.63, 3.8) is 0 Å². The third-order valence-electron chi connectivity index (χ3n) is 2.60. The lowest BCUT2D eigenvalue weighted by atomic mass is 10.2. The van der Waals surface area contributed by atoms with Crippen molar-refractivity contribution in [3.8, 4) is 0 Å². The molecule has 18 heavy (non-hydrogen) atoms. The summed E-state index contributed by atoms with van der Waals surface area (Å²) in [6.45, 7) is 1.97. The van der Waals surface area contributed by atoms with Gasteiger partial charge in [0, 0.05) is 19.8 Å². The van der Waals surface area contributed by atoms with Gasteiger partial charge in [-0.25, -0.2) is 0 Å². The number of rotatable bonds is 3. The first-order valence-electron chi connectivity index (χ1n) is 5.48. The van der Waals surface area contributed by atoms with E-state index in [9.17, 15) is 4.79 Å². The second-order valence-electron chi connectivity index (χ2n) is 3.81. The fourth-order valence-electron chi connectivity index (χ4n) is 1.60. The van der Waals surface area contributed by atoms with Crippen LogP contribution in [0.3, 0.4) is 0 Å². The zero-order valence-corrected chi connectivity index (χ0v) is 11.3. The number of nitrogens with zero attached hydrogens (tertiary/aromatic N) is 3. The second-order valence-corrected chi connectivity index (χ2v) is 4.79. The number of carbonyl (C=O) groups is 1. The highest BCUT2D eigenvalue weighted by Gasteiger charge is 2.19. The maximum atomic E-state index is 12.2. The van der Waals surface area contributed by atoms with E-state index in [2.05, 4.69) is 15.5 Å². The van der Waals surface area contributed by atoms with Gasteiger partial charge in [0.15, 0.2) is 0 Å². The fraction of sp³-hybridized carbons (Fsp3) is 0.250. The Balaban J connectivity index is 2.26. The van der Waals surface area contributed by atoms with Gasteiger partial charge in [0.25, 0.3) is 5.91 Å². The van der Waals surface area contributed by atoms with E-state index in [0.717, 1.165) is 11.3 Å². The quantitative estimate of drug-likeness (QED) is 0.921. The van der Waals surface area contributed by atoms with E-state index in [4.69, 9.17) is 0 Å². The summed E-state index contributed by atoms with van der Waals surface area (Å²) in [5.74, 6) is -0.150. The van der Waals surface area contributed by atoms with Crippen LogP contribution in [-0.4, -0.2) is 30.2 Å². The Labute approximate surface area is 109 Å². The molecule has 0 spiro atoms. The Morgan fingerprint density at radius 1 is 1.33 bits per heavy atom. The minimum atomic E-state index is -0.150. The van der Waals surface area contributed by atoms with Gasteiger partial charge in [0.1, 0.15) is 0 Å². The van der Waals surface area contributed by atoms with Crippen LogP contribution in [-0.2, 0) is 0 Å². The molecule has 2 aromatic rings. The van der Waals surface area contributed by atoms with E-state index in [0.29, 0.717) is 10.1 Å². The van der Waals surface area contributed by atoms with E-state index in [1.807, 2.05) is 31.2 Å². The molecule has 6 heteroatoms. The highest BCUT2D eigenvalue weighted by atomic mass is 32.1. The lowest BCUT2D eigenvalue weighted by Gasteiger charge is -2.17. The van der Waals surface area contributed by atoms with Crippen LogP contribution in [0.4, 0.5) is 10.8 Å². The van der Waals surface area contributed by atoms with Crippen LogP contribution >= 0.6 is 11.3 Å². The summed E-state index contributed by atoms with van der Waals surface area (Å²) in [5, 5.41) is 11.6. The zero-order chi connectivity index (χ0) is 13.1. The average Bonchev–Trinajstić information content (AvgIpc) is 2.86. The van der Waals surface area contributed by atoms with E-state index in [1.54, 1.807) is 19.0 Å². The molecule has 94 valence electrons. The minimum absolute atomic E-state index is 0.150. The molecule has 1 heterocycles. The van der Waals surface area contributed by atoms with Gasteiger partial charge >= 0.3 is 0 Å². The number of hydrogen-bond donors (Lipinski definition) is 1. The van der Waals surface area contributed by atoms with Crippen molar-refractivity contribution in [2.45, 2.75) is 6.92 Å². The molecule has 0 bridgehead atoms. The van der Waals surface area contributed by atoms with Gasteiger partial charge < -0.3 is 10.2 Å². The van der Waals surface area contributed by atoms with E-state index < -0.39 is 0 Å². The highest BCUT2D eigenvalue weighted by Crippen LogP contribution is 2.22. The predicted octanol–water partition coefficient (Wildman–Crippen LogP) is 2.16. The summed E-state index contributed by atoms with van der Waals surface area (Å²) in [4.78, 5) is 13.8. The summed E-state index contributed by atoms with van der Waals surface area (Å²) in [6, 6.07) is 7.73. The maximum absolute atomic E-state index is 12.2. The first kappa shape index (κ1) is 12.5. The number of carbonyl (C=O) groups excluding carboxylic acids is 1. The molecule has 5 nitrogen and oxygen atoms in total. The molecule has 0 saturated heterocycles. The lowest BCUT2D eigenvalue weighted by molar-refractivity contribution is 0.0992. The van der Waals surface area contributed by atoms with Gasteiger partial charge in [0.05, 0.1) is 0 Å². The first-order chi connectivity index (χ1) is 8.63. The summed E-state index contributed by atoms with van der Waals surface area (Å²) >= 11 is 1.25. The van der Waals surface area contributed by atoms with Crippen LogP contribution < -0.4 is 10.2 Å². The molecule has 0 aliphatic rings. The van der Waals surface area contributed by atoms with Gasteiger partial charge in [-0.05, 0) is 18.6 Å². The molecule has 0 saturated carbocycles. The summed E-state index contributed by atoms with van der Waals surface area (Å²) < 4.78 is 0. The summed E-state index contributed by atoms with van der Waals surface area (Å²) in [6.07, 6.45) is 0. The van der Waals surface area contributed by atoms with Crippen molar-refractivity contribution >= 4 is 28.1 Å². The largest absolute Gasteiger partial charge is 0.363 e. The number of hydrogen-bond acceptors (Lipinski definition) is 5. The third-order valence-corrected chi connectivity index (χ3v) is 3.53. The zero-order valence-electron chi connectivity index (χ0n) is 10.5. The van der Waals surface area contributed by atoms with Gasteiger partial charge in [-0.3, -0.25) is 4.79 Å². The van der Waals surface area contributed by atoms with Crippen molar-refractivity contribution in [1.29, 1.82) is 0 Å². The molecule has 1 aromatic carbocycles. The minimum Gasteiger partial charge on any atom is -0.363 e. The number of anilines is 2. The normalized spacial score (nSPS) is 10.2. The van der Waals surface area contributed by atoms with Crippen molar-refractivity contribution in [3.05, 3.63) is 34.8 Å². The number of amides is 1. The van der Waals surface area contributed by atoms with Crippen LogP contribution in [0.5, 0.6) is 0 Å². The molecule has 2 rings (SSSR count). The summed E-state index contributed by atoms with van der Waals surface area (Å²) in [7, 11) is 3.49. The smallest absolute Gasteiger partial charge is 0.289 e. The predicted molar refractivity (Wildman–Crippen MR) is 73.4 cm³/mol. The molecule has 0 aliphatic carbocycles. The fourth-order valence-corrected chi connectivity index (χ4v) is 2.28. The Morgan fingerprint density at radius 3 is 2.67 bits per heavy atom. The van der Waals surface area contributed by atoms with Crippen LogP contribution in [0.15, 0.2) is 24.3 Å². The SMILES string of the molecule is CNc1nnc(C(=O)N(C)c2ccccc2C)s1. The van der Waals surface area contributed by atoms with Crippen LogP contribution in [0, 0.1) is 6.92 Å². The second kappa shape index (κ2) is 5.14. The van der Waals surface area contributed by atoms with Gasteiger partial charge in [-0.2, -0.15) is 0 Å².